The molecule has 0 fully saturated rings. The van der Waals surface area contributed by atoms with E-state index in [4.69, 9.17) is 0 Å². The zero-order valence-corrected chi connectivity index (χ0v) is 12.4. The number of aromatic nitrogens is 1. The number of aryl methyl sites for hydroxylation is 1. The maximum absolute atomic E-state index is 12.8. The summed E-state index contributed by atoms with van der Waals surface area (Å²) in [4.78, 5) is 11.8. The molecule has 0 bridgehead atoms. The lowest BCUT2D eigenvalue weighted by Crippen LogP contribution is -2.17. The zero-order chi connectivity index (χ0) is 15.4. The number of rotatable bonds is 4. The van der Waals surface area contributed by atoms with E-state index in [1.54, 1.807) is 6.21 Å². The van der Waals surface area contributed by atoms with Gasteiger partial charge in [0.1, 0.15) is 5.82 Å². The SMILES string of the molecule is CCn1c(C)cc(/C=N/NC(=O)c2ccc(F)cc2)c1C. The van der Waals surface area contributed by atoms with Crippen molar-refractivity contribution in [3.8, 4) is 0 Å². The van der Waals surface area contributed by atoms with E-state index in [-0.39, 0.29) is 11.7 Å². The molecule has 1 N–H and O–H groups in total. The summed E-state index contributed by atoms with van der Waals surface area (Å²) in [6, 6.07) is 7.35. The highest BCUT2D eigenvalue weighted by atomic mass is 19.1. The van der Waals surface area contributed by atoms with Gasteiger partial charge < -0.3 is 4.57 Å². The first-order valence-corrected chi connectivity index (χ1v) is 6.78. The number of nitrogens with zero attached hydrogens (tertiary/aromatic N) is 2. The van der Waals surface area contributed by atoms with Crippen LogP contribution in [0.5, 0.6) is 0 Å². The number of nitrogens with one attached hydrogen (secondary N) is 1. The van der Waals surface area contributed by atoms with E-state index < -0.39 is 0 Å². The summed E-state index contributed by atoms with van der Waals surface area (Å²) in [5, 5.41) is 3.96. The van der Waals surface area contributed by atoms with Gasteiger partial charge in [-0.2, -0.15) is 5.10 Å². The van der Waals surface area contributed by atoms with Crippen molar-refractivity contribution in [2.24, 2.45) is 5.10 Å². The topological polar surface area (TPSA) is 46.4 Å². The van der Waals surface area contributed by atoms with Gasteiger partial charge in [-0.15, -0.1) is 0 Å². The normalized spacial score (nSPS) is 11.0. The van der Waals surface area contributed by atoms with Crippen molar-refractivity contribution in [1.29, 1.82) is 0 Å². The molecule has 2 aromatic rings. The van der Waals surface area contributed by atoms with Crippen molar-refractivity contribution in [1.82, 2.24) is 9.99 Å². The van der Waals surface area contributed by atoms with Gasteiger partial charge in [0.25, 0.3) is 5.91 Å². The maximum Gasteiger partial charge on any atom is 0.271 e. The number of benzene rings is 1. The van der Waals surface area contributed by atoms with Gasteiger partial charge >= 0.3 is 0 Å². The van der Waals surface area contributed by atoms with Crippen LogP contribution in [0.3, 0.4) is 0 Å². The Morgan fingerprint density at radius 2 is 2.00 bits per heavy atom. The lowest BCUT2D eigenvalue weighted by Gasteiger charge is -2.04. The number of carbonyl (C=O) groups excluding carboxylic acids is 1. The van der Waals surface area contributed by atoms with Crippen LogP contribution in [-0.4, -0.2) is 16.7 Å². The number of hydrogen-bond acceptors (Lipinski definition) is 2. The van der Waals surface area contributed by atoms with Crippen LogP contribution in [-0.2, 0) is 6.54 Å². The molecule has 1 aromatic heterocycles. The Hall–Kier alpha value is -2.43. The molecule has 0 aliphatic heterocycles. The maximum atomic E-state index is 12.8. The van der Waals surface area contributed by atoms with Crippen molar-refractivity contribution in [3.05, 3.63) is 58.7 Å². The van der Waals surface area contributed by atoms with Gasteiger partial charge in [-0.05, 0) is 51.1 Å². The Labute approximate surface area is 123 Å². The van der Waals surface area contributed by atoms with Crippen molar-refractivity contribution >= 4 is 12.1 Å². The first kappa shape index (κ1) is 15.0. The van der Waals surface area contributed by atoms with E-state index in [1.807, 2.05) is 19.9 Å². The second-order valence-electron chi connectivity index (χ2n) is 4.78. The van der Waals surface area contributed by atoms with Crippen LogP contribution in [0.15, 0.2) is 35.4 Å². The molecule has 1 aromatic carbocycles. The minimum absolute atomic E-state index is 0.365. The molecule has 2 rings (SSSR count). The van der Waals surface area contributed by atoms with Gasteiger partial charge in [-0.25, -0.2) is 9.82 Å². The second-order valence-corrected chi connectivity index (χ2v) is 4.78. The average molecular weight is 287 g/mol. The summed E-state index contributed by atoms with van der Waals surface area (Å²) in [5.74, 6) is -0.738. The molecule has 0 atom stereocenters. The molecule has 0 unspecified atom stereocenters. The molecule has 0 spiro atoms. The van der Waals surface area contributed by atoms with E-state index in [0.29, 0.717) is 5.56 Å². The molecule has 5 heteroatoms. The molecule has 0 aliphatic rings. The van der Waals surface area contributed by atoms with E-state index in [0.717, 1.165) is 23.5 Å². The Balaban J connectivity index is 2.05. The lowest BCUT2D eigenvalue weighted by molar-refractivity contribution is 0.0955. The Morgan fingerprint density at radius 3 is 2.57 bits per heavy atom. The van der Waals surface area contributed by atoms with E-state index >= 15 is 0 Å². The first-order chi connectivity index (χ1) is 10.0. The largest absolute Gasteiger partial charge is 0.349 e. The van der Waals surface area contributed by atoms with Crippen molar-refractivity contribution in [2.45, 2.75) is 27.3 Å². The van der Waals surface area contributed by atoms with Gasteiger partial charge in [0, 0.05) is 29.1 Å². The quantitative estimate of drug-likeness (QED) is 0.682. The number of halogens is 1. The molecule has 0 aliphatic carbocycles. The summed E-state index contributed by atoms with van der Waals surface area (Å²) in [6.07, 6.45) is 1.62. The lowest BCUT2D eigenvalue weighted by atomic mass is 10.2. The third-order valence-corrected chi connectivity index (χ3v) is 3.41. The molecular formula is C16H18FN3O. The summed E-state index contributed by atoms with van der Waals surface area (Å²) >= 11 is 0. The predicted octanol–water partition coefficient (Wildman–Crippen LogP) is 3.03. The summed E-state index contributed by atoms with van der Waals surface area (Å²) in [7, 11) is 0. The van der Waals surface area contributed by atoms with Crippen LogP contribution in [0.4, 0.5) is 4.39 Å². The Bertz CT molecular complexity index is 672. The van der Waals surface area contributed by atoms with Crippen molar-refractivity contribution in [2.75, 3.05) is 0 Å². The third-order valence-electron chi connectivity index (χ3n) is 3.41. The Kier molecular flexibility index (Phi) is 4.52. The second kappa shape index (κ2) is 6.35. The van der Waals surface area contributed by atoms with Gasteiger partial charge in [-0.3, -0.25) is 4.79 Å². The minimum Gasteiger partial charge on any atom is -0.349 e. The number of hydrazone groups is 1. The monoisotopic (exact) mass is 287 g/mol. The minimum atomic E-state index is -0.373. The highest BCUT2D eigenvalue weighted by molar-refractivity contribution is 5.94. The molecule has 0 saturated carbocycles. The van der Waals surface area contributed by atoms with Crippen LogP contribution < -0.4 is 5.43 Å². The predicted molar refractivity (Wildman–Crippen MR) is 81.0 cm³/mol. The Morgan fingerprint density at radius 1 is 1.33 bits per heavy atom. The summed E-state index contributed by atoms with van der Waals surface area (Å²) in [5.41, 5.74) is 6.03. The van der Waals surface area contributed by atoms with E-state index in [9.17, 15) is 9.18 Å². The molecule has 4 nitrogen and oxygen atoms in total. The van der Waals surface area contributed by atoms with Crippen molar-refractivity contribution in [3.63, 3.8) is 0 Å². The zero-order valence-electron chi connectivity index (χ0n) is 12.4. The number of carbonyl (C=O) groups is 1. The van der Waals surface area contributed by atoms with E-state index in [2.05, 4.69) is 22.0 Å². The van der Waals surface area contributed by atoms with Crippen LogP contribution in [0.25, 0.3) is 0 Å². The van der Waals surface area contributed by atoms with Gasteiger partial charge in [0.15, 0.2) is 0 Å². The van der Waals surface area contributed by atoms with Gasteiger partial charge in [0.05, 0.1) is 6.21 Å². The summed E-state index contributed by atoms with van der Waals surface area (Å²) < 4.78 is 14.9. The fraction of sp³-hybridized carbons (Fsp3) is 0.250. The van der Waals surface area contributed by atoms with Crippen LogP contribution >= 0.6 is 0 Å². The molecule has 1 heterocycles. The molecule has 1 amide bonds. The smallest absolute Gasteiger partial charge is 0.271 e. The number of hydrogen-bond donors (Lipinski definition) is 1. The molecule has 0 radical (unpaired) electrons. The molecular weight excluding hydrogens is 269 g/mol. The van der Waals surface area contributed by atoms with Crippen LogP contribution in [0, 0.1) is 19.7 Å². The van der Waals surface area contributed by atoms with Crippen molar-refractivity contribution < 1.29 is 9.18 Å². The molecule has 0 saturated heterocycles. The molecule has 21 heavy (non-hydrogen) atoms. The van der Waals surface area contributed by atoms with Crippen LogP contribution in [0.2, 0.25) is 0 Å². The fourth-order valence-corrected chi connectivity index (χ4v) is 2.27. The standard InChI is InChI=1S/C16H18FN3O/c1-4-20-11(2)9-14(12(20)3)10-18-19-16(21)13-5-7-15(17)8-6-13/h5-10H,4H2,1-3H3,(H,19,21)/b18-10+. The van der Waals surface area contributed by atoms with Gasteiger partial charge in [-0.1, -0.05) is 0 Å². The number of amides is 1. The average Bonchev–Trinajstić information content (AvgIpc) is 2.73. The van der Waals surface area contributed by atoms with E-state index in [1.165, 1.54) is 24.3 Å². The highest BCUT2D eigenvalue weighted by Crippen LogP contribution is 2.12. The summed E-state index contributed by atoms with van der Waals surface area (Å²) in [6.45, 7) is 7.02. The van der Waals surface area contributed by atoms with Gasteiger partial charge in [0.2, 0.25) is 0 Å². The third kappa shape index (κ3) is 3.37. The first-order valence-electron chi connectivity index (χ1n) is 6.78. The van der Waals surface area contributed by atoms with Crippen LogP contribution in [0.1, 0.15) is 34.2 Å². The molecule has 110 valence electrons. The fourth-order valence-electron chi connectivity index (χ4n) is 2.27. The highest BCUT2D eigenvalue weighted by Gasteiger charge is 2.06.